The maximum atomic E-state index is 11.6. The summed E-state index contributed by atoms with van der Waals surface area (Å²) in [5, 5.41) is 0. The lowest BCUT2D eigenvalue weighted by Gasteiger charge is -2.20. The van der Waals surface area contributed by atoms with Gasteiger partial charge < -0.3 is 15.1 Å². The summed E-state index contributed by atoms with van der Waals surface area (Å²) >= 11 is 0. The predicted molar refractivity (Wildman–Crippen MR) is 50.3 cm³/mol. The molecule has 0 unspecified atom stereocenters. The van der Waals surface area contributed by atoms with Crippen molar-refractivity contribution in [3.8, 4) is 0 Å². The van der Waals surface area contributed by atoms with Crippen LogP contribution in [0.3, 0.4) is 0 Å². The minimum absolute atomic E-state index is 0.136. The Hall–Kier alpha value is -1.45. The van der Waals surface area contributed by atoms with Crippen LogP contribution >= 0.6 is 0 Å². The molecule has 72 valence electrons. The number of amides is 1. The maximum absolute atomic E-state index is 11.6. The van der Waals surface area contributed by atoms with Crippen molar-refractivity contribution in [3.05, 3.63) is 18.1 Å². The highest BCUT2D eigenvalue weighted by atomic mass is 16.3. The summed E-state index contributed by atoms with van der Waals surface area (Å²) < 4.78 is 4.98. The Morgan fingerprint density at radius 1 is 1.62 bits per heavy atom. The maximum Gasteiger partial charge on any atom is 0.291 e. The SMILES string of the molecule is CC(C)N(C)C(=O)c1occc1N. The number of nitrogens with zero attached hydrogens (tertiary/aromatic N) is 1. The monoisotopic (exact) mass is 182 g/mol. The molecule has 13 heavy (non-hydrogen) atoms. The van der Waals surface area contributed by atoms with Gasteiger partial charge in [-0.05, 0) is 13.8 Å². The fraction of sp³-hybridized carbons (Fsp3) is 0.444. The molecule has 0 aliphatic carbocycles. The number of carbonyl (C=O) groups is 1. The van der Waals surface area contributed by atoms with Gasteiger partial charge in [0.2, 0.25) is 5.76 Å². The molecule has 0 spiro atoms. The molecular weight excluding hydrogens is 168 g/mol. The smallest absolute Gasteiger partial charge is 0.291 e. The molecule has 2 N–H and O–H groups in total. The number of furan rings is 1. The Labute approximate surface area is 77.3 Å². The molecule has 0 bridgehead atoms. The van der Waals surface area contributed by atoms with Crippen LogP contribution in [0.15, 0.2) is 16.7 Å². The van der Waals surface area contributed by atoms with Crippen molar-refractivity contribution in [2.24, 2.45) is 0 Å². The molecule has 0 atom stereocenters. The van der Waals surface area contributed by atoms with Crippen molar-refractivity contribution < 1.29 is 9.21 Å². The molecule has 0 aliphatic rings. The molecule has 0 fully saturated rings. The summed E-state index contributed by atoms with van der Waals surface area (Å²) in [6, 6.07) is 1.71. The summed E-state index contributed by atoms with van der Waals surface area (Å²) in [7, 11) is 1.72. The van der Waals surface area contributed by atoms with Gasteiger partial charge in [-0.2, -0.15) is 0 Å². The Kier molecular flexibility index (Phi) is 2.60. The van der Waals surface area contributed by atoms with Gasteiger partial charge in [-0.3, -0.25) is 4.79 Å². The third kappa shape index (κ3) is 1.83. The van der Waals surface area contributed by atoms with E-state index in [0.717, 1.165) is 0 Å². The largest absolute Gasteiger partial charge is 0.457 e. The second kappa shape index (κ2) is 3.51. The average Bonchev–Trinajstić information content (AvgIpc) is 2.48. The molecule has 4 heteroatoms. The van der Waals surface area contributed by atoms with E-state index in [1.54, 1.807) is 18.0 Å². The summed E-state index contributed by atoms with van der Waals surface area (Å²) in [4.78, 5) is 13.2. The van der Waals surface area contributed by atoms with E-state index in [-0.39, 0.29) is 17.7 Å². The molecule has 1 rings (SSSR count). The quantitative estimate of drug-likeness (QED) is 0.750. The molecule has 1 aromatic heterocycles. The Balaban J connectivity index is 2.86. The lowest BCUT2D eigenvalue weighted by molar-refractivity contribution is 0.0724. The highest BCUT2D eigenvalue weighted by molar-refractivity contribution is 5.96. The molecule has 0 aromatic carbocycles. The van der Waals surface area contributed by atoms with Crippen molar-refractivity contribution in [1.82, 2.24) is 4.90 Å². The standard InChI is InChI=1S/C9H14N2O2/c1-6(2)11(3)9(12)8-7(10)4-5-13-8/h4-6H,10H2,1-3H3. The van der Waals surface area contributed by atoms with Gasteiger partial charge in [-0.15, -0.1) is 0 Å². The van der Waals surface area contributed by atoms with Gasteiger partial charge >= 0.3 is 0 Å². The summed E-state index contributed by atoms with van der Waals surface area (Å²) in [6.45, 7) is 3.86. The first-order valence-electron chi connectivity index (χ1n) is 4.14. The van der Waals surface area contributed by atoms with E-state index in [1.165, 1.54) is 6.26 Å². The van der Waals surface area contributed by atoms with Gasteiger partial charge in [-0.25, -0.2) is 0 Å². The van der Waals surface area contributed by atoms with Crippen molar-refractivity contribution in [3.63, 3.8) is 0 Å². The van der Waals surface area contributed by atoms with E-state index < -0.39 is 0 Å². The summed E-state index contributed by atoms with van der Waals surface area (Å²) in [5.41, 5.74) is 5.92. The Morgan fingerprint density at radius 3 is 2.62 bits per heavy atom. The number of nitrogens with two attached hydrogens (primary N) is 1. The van der Waals surface area contributed by atoms with Crippen LogP contribution in [0.4, 0.5) is 5.69 Å². The second-order valence-electron chi connectivity index (χ2n) is 3.21. The van der Waals surface area contributed by atoms with Gasteiger partial charge in [0.05, 0.1) is 12.0 Å². The van der Waals surface area contributed by atoms with Crippen LogP contribution < -0.4 is 5.73 Å². The van der Waals surface area contributed by atoms with Crippen LogP contribution in [0.1, 0.15) is 24.4 Å². The third-order valence-corrected chi connectivity index (χ3v) is 1.98. The number of carbonyl (C=O) groups excluding carboxylic acids is 1. The van der Waals surface area contributed by atoms with Crippen LogP contribution in [0, 0.1) is 0 Å². The van der Waals surface area contributed by atoms with Crippen LogP contribution in [-0.2, 0) is 0 Å². The van der Waals surface area contributed by atoms with E-state index >= 15 is 0 Å². The average molecular weight is 182 g/mol. The molecule has 0 saturated carbocycles. The third-order valence-electron chi connectivity index (χ3n) is 1.98. The fourth-order valence-electron chi connectivity index (χ4n) is 0.888. The minimum atomic E-state index is -0.183. The molecule has 0 radical (unpaired) electrons. The summed E-state index contributed by atoms with van der Waals surface area (Å²) in [5.74, 6) is 0.0358. The van der Waals surface area contributed by atoms with Gasteiger partial charge in [0, 0.05) is 19.2 Å². The van der Waals surface area contributed by atoms with E-state index in [4.69, 9.17) is 10.2 Å². The van der Waals surface area contributed by atoms with Gasteiger partial charge in [-0.1, -0.05) is 0 Å². The van der Waals surface area contributed by atoms with Crippen LogP contribution in [0.5, 0.6) is 0 Å². The zero-order valence-corrected chi connectivity index (χ0v) is 8.07. The van der Waals surface area contributed by atoms with Crippen LogP contribution in [-0.4, -0.2) is 23.9 Å². The van der Waals surface area contributed by atoms with Crippen molar-refractivity contribution in [1.29, 1.82) is 0 Å². The van der Waals surface area contributed by atoms with Crippen LogP contribution in [0.25, 0.3) is 0 Å². The number of hydrogen-bond donors (Lipinski definition) is 1. The van der Waals surface area contributed by atoms with Crippen molar-refractivity contribution in [2.75, 3.05) is 12.8 Å². The topological polar surface area (TPSA) is 59.5 Å². The van der Waals surface area contributed by atoms with Gasteiger partial charge in [0.15, 0.2) is 0 Å². The molecule has 1 aromatic rings. The number of rotatable bonds is 2. The van der Waals surface area contributed by atoms with E-state index in [2.05, 4.69) is 0 Å². The first-order valence-corrected chi connectivity index (χ1v) is 4.14. The second-order valence-corrected chi connectivity index (χ2v) is 3.21. The molecule has 0 saturated heterocycles. The lowest BCUT2D eigenvalue weighted by atomic mass is 10.3. The molecule has 0 aliphatic heterocycles. The Bertz CT molecular complexity index is 304. The lowest BCUT2D eigenvalue weighted by Crippen LogP contribution is -2.33. The van der Waals surface area contributed by atoms with Gasteiger partial charge in [0.1, 0.15) is 0 Å². The summed E-state index contributed by atoms with van der Waals surface area (Å²) in [6.07, 6.45) is 1.41. The highest BCUT2D eigenvalue weighted by Gasteiger charge is 2.19. The Morgan fingerprint density at radius 2 is 2.23 bits per heavy atom. The van der Waals surface area contributed by atoms with E-state index in [1.807, 2.05) is 13.8 Å². The van der Waals surface area contributed by atoms with Crippen molar-refractivity contribution in [2.45, 2.75) is 19.9 Å². The van der Waals surface area contributed by atoms with E-state index in [9.17, 15) is 4.79 Å². The fourth-order valence-corrected chi connectivity index (χ4v) is 0.888. The number of anilines is 1. The zero-order valence-electron chi connectivity index (χ0n) is 8.07. The molecule has 1 heterocycles. The molecule has 1 amide bonds. The molecule has 4 nitrogen and oxygen atoms in total. The number of hydrogen-bond acceptors (Lipinski definition) is 3. The van der Waals surface area contributed by atoms with Crippen LogP contribution in [0.2, 0.25) is 0 Å². The molecular formula is C9H14N2O2. The zero-order chi connectivity index (χ0) is 10.0. The first kappa shape index (κ1) is 9.64. The number of nitrogen functional groups attached to an aromatic ring is 1. The predicted octanol–water partition coefficient (Wildman–Crippen LogP) is 1.34. The minimum Gasteiger partial charge on any atom is -0.457 e. The van der Waals surface area contributed by atoms with E-state index in [0.29, 0.717) is 5.69 Å². The first-order chi connectivity index (χ1) is 6.04. The normalized spacial score (nSPS) is 10.5. The highest BCUT2D eigenvalue weighted by Crippen LogP contribution is 2.15. The van der Waals surface area contributed by atoms with Crippen molar-refractivity contribution >= 4 is 11.6 Å². The van der Waals surface area contributed by atoms with Gasteiger partial charge in [0.25, 0.3) is 5.91 Å².